The third-order valence-electron chi connectivity index (χ3n) is 5.33. The Morgan fingerprint density at radius 2 is 1.50 bits per heavy atom. The minimum absolute atomic E-state index is 0.145. The molecule has 0 atom stereocenters. The summed E-state index contributed by atoms with van der Waals surface area (Å²) >= 11 is 1.26. The SMILES string of the molecule is CCN1C(=O)C(=Cc2ccc(OCc3ccc(C(=O)O)cc3)cc2)SC1=Nc1ccc(C(=O)O)cc1. The number of amides is 1. The van der Waals surface area contributed by atoms with Crippen LogP contribution in [0, 0.1) is 0 Å². The van der Waals surface area contributed by atoms with Crippen LogP contribution in [0.1, 0.15) is 38.8 Å². The van der Waals surface area contributed by atoms with E-state index in [0.29, 0.717) is 34.7 Å². The van der Waals surface area contributed by atoms with Crippen molar-refractivity contribution < 1.29 is 29.3 Å². The van der Waals surface area contributed by atoms with Gasteiger partial charge in [0.15, 0.2) is 5.17 Å². The molecule has 9 heteroatoms. The first-order chi connectivity index (χ1) is 17.3. The molecular weight excluding hydrogens is 480 g/mol. The zero-order chi connectivity index (χ0) is 25.7. The molecule has 3 aromatic carbocycles. The number of hydrogen-bond acceptors (Lipinski definition) is 6. The van der Waals surface area contributed by atoms with Gasteiger partial charge >= 0.3 is 11.9 Å². The van der Waals surface area contributed by atoms with Gasteiger partial charge in [0.25, 0.3) is 5.91 Å². The molecule has 1 heterocycles. The second kappa shape index (κ2) is 10.9. The van der Waals surface area contributed by atoms with E-state index in [9.17, 15) is 14.4 Å². The highest BCUT2D eigenvalue weighted by Gasteiger charge is 2.32. The number of carboxylic acid groups (broad SMARTS) is 2. The molecule has 2 N–H and O–H groups in total. The Labute approximate surface area is 211 Å². The molecule has 0 unspecified atom stereocenters. The molecule has 1 aliphatic rings. The minimum Gasteiger partial charge on any atom is -0.489 e. The summed E-state index contributed by atoms with van der Waals surface area (Å²) in [6.07, 6.45) is 1.79. The Morgan fingerprint density at radius 1 is 0.917 bits per heavy atom. The standard InChI is InChI=1S/C27H22N2O6S/c1-2-29-24(30)23(36-27(29)28-21-11-9-20(10-12-21)26(33)34)15-17-5-13-22(14-6-17)35-16-18-3-7-19(8-4-18)25(31)32/h3-15H,2,16H2,1H3,(H,31,32)(H,33,34). The average Bonchev–Trinajstić information content (AvgIpc) is 3.17. The zero-order valence-electron chi connectivity index (χ0n) is 19.2. The fourth-order valence-corrected chi connectivity index (χ4v) is 4.44. The number of amidine groups is 1. The fourth-order valence-electron chi connectivity index (χ4n) is 3.38. The van der Waals surface area contributed by atoms with Gasteiger partial charge in [-0.25, -0.2) is 14.6 Å². The van der Waals surface area contributed by atoms with Crippen molar-refractivity contribution in [3.8, 4) is 5.75 Å². The van der Waals surface area contributed by atoms with Gasteiger partial charge < -0.3 is 14.9 Å². The van der Waals surface area contributed by atoms with Crippen molar-refractivity contribution in [2.24, 2.45) is 4.99 Å². The molecule has 3 aromatic rings. The Morgan fingerprint density at radius 3 is 2.06 bits per heavy atom. The van der Waals surface area contributed by atoms with E-state index in [1.54, 1.807) is 47.4 Å². The van der Waals surface area contributed by atoms with Gasteiger partial charge in [0.2, 0.25) is 0 Å². The summed E-state index contributed by atoms with van der Waals surface area (Å²) in [5.74, 6) is -1.48. The number of carboxylic acids is 2. The largest absolute Gasteiger partial charge is 0.489 e. The predicted octanol–water partition coefficient (Wildman–Crippen LogP) is 5.29. The molecule has 1 fully saturated rings. The molecule has 0 aromatic heterocycles. The summed E-state index contributed by atoms with van der Waals surface area (Å²) in [4.78, 5) is 41.5. The molecule has 4 rings (SSSR count). The molecule has 1 amide bonds. The number of benzene rings is 3. The quantitative estimate of drug-likeness (QED) is 0.402. The normalized spacial score (nSPS) is 15.5. The topological polar surface area (TPSA) is 117 Å². The van der Waals surface area contributed by atoms with Crippen LogP contribution in [0.15, 0.2) is 82.7 Å². The van der Waals surface area contributed by atoms with Gasteiger partial charge in [-0.05, 0) is 84.4 Å². The van der Waals surface area contributed by atoms with Crippen molar-refractivity contribution in [3.05, 3.63) is 100.0 Å². The Kier molecular flexibility index (Phi) is 7.50. The van der Waals surface area contributed by atoms with Gasteiger partial charge in [-0.15, -0.1) is 0 Å². The van der Waals surface area contributed by atoms with Gasteiger partial charge in [0.1, 0.15) is 12.4 Å². The number of carbonyl (C=O) groups excluding carboxylic acids is 1. The van der Waals surface area contributed by atoms with Gasteiger partial charge in [-0.3, -0.25) is 9.69 Å². The van der Waals surface area contributed by atoms with E-state index in [-0.39, 0.29) is 17.0 Å². The lowest BCUT2D eigenvalue weighted by Gasteiger charge is -2.12. The lowest BCUT2D eigenvalue weighted by molar-refractivity contribution is -0.122. The van der Waals surface area contributed by atoms with Gasteiger partial charge in [0.05, 0.1) is 21.7 Å². The van der Waals surface area contributed by atoms with Crippen LogP contribution >= 0.6 is 11.8 Å². The molecule has 0 radical (unpaired) electrons. The first kappa shape index (κ1) is 24.7. The van der Waals surface area contributed by atoms with Crippen molar-refractivity contribution in [3.63, 3.8) is 0 Å². The van der Waals surface area contributed by atoms with Crippen molar-refractivity contribution >= 4 is 46.5 Å². The first-order valence-electron chi connectivity index (χ1n) is 11.0. The number of aromatic carboxylic acids is 2. The highest BCUT2D eigenvalue weighted by molar-refractivity contribution is 8.18. The van der Waals surface area contributed by atoms with E-state index >= 15 is 0 Å². The smallest absolute Gasteiger partial charge is 0.335 e. The minimum atomic E-state index is -1.01. The maximum absolute atomic E-state index is 12.9. The van der Waals surface area contributed by atoms with Crippen LogP contribution < -0.4 is 4.74 Å². The average molecular weight is 503 g/mol. The highest BCUT2D eigenvalue weighted by Crippen LogP contribution is 2.34. The van der Waals surface area contributed by atoms with Crippen molar-refractivity contribution in [2.45, 2.75) is 13.5 Å². The third kappa shape index (κ3) is 5.81. The molecule has 0 aliphatic carbocycles. The van der Waals surface area contributed by atoms with Crippen LogP contribution in [0.2, 0.25) is 0 Å². The van der Waals surface area contributed by atoms with E-state index in [0.717, 1.165) is 11.1 Å². The number of carbonyl (C=O) groups is 3. The molecule has 1 saturated heterocycles. The monoisotopic (exact) mass is 502 g/mol. The van der Waals surface area contributed by atoms with Gasteiger partial charge in [0, 0.05) is 6.54 Å². The predicted molar refractivity (Wildman–Crippen MR) is 138 cm³/mol. The van der Waals surface area contributed by atoms with Crippen LogP contribution in [0.3, 0.4) is 0 Å². The number of aliphatic imine (C=N–C) groups is 1. The van der Waals surface area contributed by atoms with Crippen LogP contribution in [0.5, 0.6) is 5.75 Å². The summed E-state index contributed by atoms with van der Waals surface area (Å²) in [6, 6.07) is 20.0. The zero-order valence-corrected chi connectivity index (χ0v) is 20.1. The molecule has 1 aliphatic heterocycles. The molecular formula is C27H22N2O6S. The highest BCUT2D eigenvalue weighted by atomic mass is 32.2. The summed E-state index contributed by atoms with van der Waals surface area (Å²) in [5.41, 5.74) is 2.64. The Balaban J connectivity index is 1.43. The lowest BCUT2D eigenvalue weighted by Crippen LogP contribution is -2.28. The van der Waals surface area contributed by atoms with E-state index in [1.165, 1.54) is 36.0 Å². The summed E-state index contributed by atoms with van der Waals surface area (Å²) in [7, 11) is 0. The second-order valence-electron chi connectivity index (χ2n) is 7.77. The number of nitrogens with zero attached hydrogens (tertiary/aromatic N) is 2. The van der Waals surface area contributed by atoms with E-state index in [1.807, 2.05) is 19.1 Å². The molecule has 182 valence electrons. The van der Waals surface area contributed by atoms with Crippen molar-refractivity contribution in [1.82, 2.24) is 4.90 Å². The maximum Gasteiger partial charge on any atom is 0.335 e. The summed E-state index contributed by atoms with van der Waals surface area (Å²) in [6.45, 7) is 2.62. The van der Waals surface area contributed by atoms with Gasteiger partial charge in [-0.2, -0.15) is 0 Å². The molecule has 8 nitrogen and oxygen atoms in total. The maximum atomic E-state index is 12.9. The summed E-state index contributed by atoms with van der Waals surface area (Å²) in [5, 5.41) is 18.6. The molecule has 0 bridgehead atoms. The third-order valence-corrected chi connectivity index (χ3v) is 6.33. The summed E-state index contributed by atoms with van der Waals surface area (Å²) < 4.78 is 5.78. The second-order valence-corrected chi connectivity index (χ2v) is 8.78. The van der Waals surface area contributed by atoms with Crippen LogP contribution in [-0.4, -0.2) is 44.7 Å². The Hall–Kier alpha value is -4.37. The van der Waals surface area contributed by atoms with E-state index in [4.69, 9.17) is 14.9 Å². The van der Waals surface area contributed by atoms with E-state index in [2.05, 4.69) is 4.99 Å². The fraction of sp³-hybridized carbons (Fsp3) is 0.111. The number of rotatable bonds is 8. The van der Waals surface area contributed by atoms with Crippen LogP contribution in [-0.2, 0) is 11.4 Å². The number of thioether (sulfide) groups is 1. The number of likely N-dealkylation sites (N-methyl/N-ethyl adjacent to an activating group) is 1. The molecule has 0 spiro atoms. The first-order valence-corrected chi connectivity index (χ1v) is 11.8. The van der Waals surface area contributed by atoms with Crippen molar-refractivity contribution in [1.29, 1.82) is 0 Å². The number of ether oxygens (including phenoxy) is 1. The van der Waals surface area contributed by atoms with Gasteiger partial charge in [-0.1, -0.05) is 24.3 Å². The molecule has 0 saturated carbocycles. The van der Waals surface area contributed by atoms with E-state index < -0.39 is 11.9 Å². The van der Waals surface area contributed by atoms with Crippen molar-refractivity contribution in [2.75, 3.05) is 6.54 Å². The number of hydrogen-bond donors (Lipinski definition) is 2. The lowest BCUT2D eigenvalue weighted by atomic mass is 10.1. The van der Waals surface area contributed by atoms with Crippen LogP contribution in [0.4, 0.5) is 5.69 Å². The Bertz CT molecular complexity index is 1350. The van der Waals surface area contributed by atoms with Crippen LogP contribution in [0.25, 0.3) is 6.08 Å². The molecule has 36 heavy (non-hydrogen) atoms.